The van der Waals surface area contributed by atoms with E-state index in [2.05, 4.69) is 44.1 Å². The summed E-state index contributed by atoms with van der Waals surface area (Å²) in [4.78, 5) is 11.8. The summed E-state index contributed by atoms with van der Waals surface area (Å²) in [6.45, 7) is 9.35. The number of likely N-dealkylation sites (N-methyl/N-ethyl adjacent to an activating group) is 1. The number of aliphatic imine (C=N–C) groups is 1. The summed E-state index contributed by atoms with van der Waals surface area (Å²) in [5, 5.41) is 3.55. The first-order valence-electron chi connectivity index (χ1n) is 9.84. The third-order valence-corrected chi connectivity index (χ3v) is 5.37. The van der Waals surface area contributed by atoms with Crippen LogP contribution in [0.25, 0.3) is 0 Å². The number of piperazine rings is 1. The van der Waals surface area contributed by atoms with Crippen LogP contribution >= 0.6 is 24.0 Å². The molecule has 1 N–H and O–H groups in total. The van der Waals surface area contributed by atoms with E-state index in [1.165, 1.54) is 18.5 Å². The number of hydrogen-bond acceptors (Lipinski definition) is 4. The summed E-state index contributed by atoms with van der Waals surface area (Å²) in [6, 6.07) is 9.09. The van der Waals surface area contributed by atoms with E-state index in [1.807, 2.05) is 19.2 Å². The van der Waals surface area contributed by atoms with Crippen LogP contribution in [0.3, 0.4) is 0 Å². The minimum atomic E-state index is 0. The molecule has 1 saturated heterocycles. The molecule has 2 fully saturated rings. The number of anilines is 1. The van der Waals surface area contributed by atoms with Gasteiger partial charge in [-0.1, -0.05) is 19.1 Å². The molecule has 1 aromatic rings. The first-order valence-corrected chi connectivity index (χ1v) is 9.84. The Hall–Kier alpha value is -1.22. The molecule has 152 valence electrons. The van der Waals surface area contributed by atoms with Gasteiger partial charge in [0.05, 0.1) is 12.8 Å². The van der Waals surface area contributed by atoms with Crippen LogP contribution in [-0.4, -0.2) is 81.8 Å². The molecule has 0 amide bonds. The fourth-order valence-electron chi connectivity index (χ4n) is 3.73. The monoisotopic (exact) mass is 487 g/mol. The zero-order valence-electron chi connectivity index (χ0n) is 16.9. The highest BCUT2D eigenvalue weighted by Gasteiger charge is 2.27. The molecule has 1 saturated carbocycles. The van der Waals surface area contributed by atoms with Crippen LogP contribution in [-0.2, 0) is 0 Å². The van der Waals surface area contributed by atoms with Crippen molar-refractivity contribution < 1.29 is 4.74 Å². The molecule has 1 heterocycles. The molecule has 27 heavy (non-hydrogen) atoms. The summed E-state index contributed by atoms with van der Waals surface area (Å²) in [5.74, 6) is 1.97. The zero-order valence-corrected chi connectivity index (χ0v) is 19.2. The molecule has 6 nitrogen and oxygen atoms in total. The number of halogens is 1. The lowest BCUT2D eigenvalue weighted by molar-refractivity contribution is 0.279. The van der Waals surface area contributed by atoms with E-state index in [1.54, 1.807) is 7.11 Å². The molecule has 0 bridgehead atoms. The van der Waals surface area contributed by atoms with Crippen molar-refractivity contribution in [3.63, 3.8) is 0 Å². The fraction of sp³-hybridized carbons (Fsp3) is 0.650. The standard InChI is InChI=1S/C20H33N5O.HI/c1-4-23(17-9-10-17)12-11-22-20(21-2)25-15-13-24(14-16-25)18-7-5-6-8-19(18)26-3;/h5-8,17H,4,9-16H2,1-3H3,(H,21,22);1H. The van der Waals surface area contributed by atoms with E-state index in [0.717, 1.165) is 63.6 Å². The molecule has 0 spiro atoms. The number of nitrogens with zero attached hydrogens (tertiary/aromatic N) is 4. The average molecular weight is 487 g/mol. The number of para-hydroxylation sites is 2. The van der Waals surface area contributed by atoms with Gasteiger partial charge in [-0.15, -0.1) is 24.0 Å². The van der Waals surface area contributed by atoms with E-state index < -0.39 is 0 Å². The number of nitrogens with one attached hydrogen (secondary N) is 1. The predicted octanol–water partition coefficient (Wildman–Crippen LogP) is 2.49. The second-order valence-corrected chi connectivity index (χ2v) is 6.98. The average Bonchev–Trinajstić information content (AvgIpc) is 3.53. The molecule has 0 unspecified atom stereocenters. The highest BCUT2D eigenvalue weighted by Crippen LogP contribution is 2.28. The van der Waals surface area contributed by atoms with E-state index in [9.17, 15) is 0 Å². The Morgan fingerprint density at radius 3 is 2.52 bits per heavy atom. The molecule has 1 aromatic carbocycles. The van der Waals surface area contributed by atoms with Crippen molar-refractivity contribution in [2.24, 2.45) is 4.99 Å². The van der Waals surface area contributed by atoms with Gasteiger partial charge in [0.2, 0.25) is 0 Å². The summed E-state index contributed by atoms with van der Waals surface area (Å²) < 4.78 is 5.51. The van der Waals surface area contributed by atoms with Gasteiger partial charge in [0.1, 0.15) is 5.75 Å². The quantitative estimate of drug-likeness (QED) is 0.364. The number of methoxy groups -OCH3 is 1. The third kappa shape index (κ3) is 5.88. The SMILES string of the molecule is CCN(CCNC(=NC)N1CCN(c2ccccc2OC)CC1)C1CC1.I. The molecular formula is C20H34IN5O. The van der Waals surface area contributed by atoms with Crippen molar-refractivity contribution in [2.75, 3.05) is 64.9 Å². The first-order chi connectivity index (χ1) is 12.8. The van der Waals surface area contributed by atoms with Gasteiger partial charge >= 0.3 is 0 Å². The Labute approximate surface area is 181 Å². The molecule has 0 aromatic heterocycles. The van der Waals surface area contributed by atoms with Gasteiger partial charge in [-0.25, -0.2) is 0 Å². The Morgan fingerprint density at radius 2 is 1.93 bits per heavy atom. The first kappa shape index (κ1) is 22.1. The van der Waals surface area contributed by atoms with Gasteiger partial charge in [-0.05, 0) is 31.5 Å². The number of benzene rings is 1. The smallest absolute Gasteiger partial charge is 0.193 e. The maximum atomic E-state index is 5.51. The van der Waals surface area contributed by atoms with Crippen LogP contribution in [0.2, 0.25) is 0 Å². The lowest BCUT2D eigenvalue weighted by atomic mass is 10.2. The predicted molar refractivity (Wildman–Crippen MR) is 124 cm³/mol. The van der Waals surface area contributed by atoms with Crippen LogP contribution in [0.15, 0.2) is 29.3 Å². The minimum Gasteiger partial charge on any atom is -0.495 e. The molecule has 3 rings (SSSR count). The van der Waals surface area contributed by atoms with Gasteiger partial charge in [0.15, 0.2) is 5.96 Å². The maximum absolute atomic E-state index is 5.51. The Morgan fingerprint density at radius 1 is 1.22 bits per heavy atom. The maximum Gasteiger partial charge on any atom is 0.193 e. The van der Waals surface area contributed by atoms with Gasteiger partial charge in [-0.2, -0.15) is 0 Å². The Bertz CT molecular complexity index is 600. The molecular weight excluding hydrogens is 453 g/mol. The highest BCUT2D eigenvalue weighted by molar-refractivity contribution is 14.0. The van der Waals surface area contributed by atoms with Crippen LogP contribution < -0.4 is 15.0 Å². The lowest BCUT2D eigenvalue weighted by Gasteiger charge is -2.38. The highest BCUT2D eigenvalue weighted by atomic mass is 127. The van der Waals surface area contributed by atoms with Crippen molar-refractivity contribution in [3.05, 3.63) is 24.3 Å². The second kappa shape index (κ2) is 10.9. The summed E-state index contributed by atoms with van der Waals surface area (Å²) >= 11 is 0. The van der Waals surface area contributed by atoms with Gasteiger partial charge in [-0.3, -0.25) is 9.89 Å². The van der Waals surface area contributed by atoms with E-state index in [4.69, 9.17) is 4.74 Å². The van der Waals surface area contributed by atoms with E-state index >= 15 is 0 Å². The largest absolute Gasteiger partial charge is 0.495 e. The molecule has 1 aliphatic heterocycles. The van der Waals surface area contributed by atoms with E-state index in [0.29, 0.717) is 0 Å². The normalized spacial score (nSPS) is 17.7. The molecule has 1 aliphatic carbocycles. The number of guanidine groups is 1. The van der Waals surface area contributed by atoms with Crippen LogP contribution in [0, 0.1) is 0 Å². The molecule has 0 radical (unpaired) electrons. The van der Waals surface area contributed by atoms with E-state index in [-0.39, 0.29) is 24.0 Å². The van der Waals surface area contributed by atoms with Crippen molar-refractivity contribution in [1.82, 2.24) is 15.1 Å². The third-order valence-electron chi connectivity index (χ3n) is 5.37. The fourth-order valence-corrected chi connectivity index (χ4v) is 3.73. The topological polar surface area (TPSA) is 43.3 Å². The van der Waals surface area contributed by atoms with Gasteiger partial charge < -0.3 is 19.9 Å². The second-order valence-electron chi connectivity index (χ2n) is 6.98. The number of hydrogen-bond donors (Lipinski definition) is 1. The Kier molecular flexibility index (Phi) is 8.95. The number of rotatable bonds is 7. The zero-order chi connectivity index (χ0) is 18.4. The minimum absolute atomic E-state index is 0. The molecule has 7 heteroatoms. The van der Waals surface area contributed by atoms with Gasteiger partial charge in [0.25, 0.3) is 0 Å². The van der Waals surface area contributed by atoms with Crippen molar-refractivity contribution >= 4 is 35.6 Å². The van der Waals surface area contributed by atoms with Crippen molar-refractivity contribution in [2.45, 2.75) is 25.8 Å². The van der Waals surface area contributed by atoms with Crippen molar-refractivity contribution in [1.29, 1.82) is 0 Å². The summed E-state index contributed by atoms with van der Waals surface area (Å²) in [5.41, 5.74) is 1.18. The molecule has 2 aliphatic rings. The van der Waals surface area contributed by atoms with Crippen LogP contribution in [0.5, 0.6) is 5.75 Å². The number of ether oxygens (including phenoxy) is 1. The summed E-state index contributed by atoms with van der Waals surface area (Å²) in [6.07, 6.45) is 2.74. The van der Waals surface area contributed by atoms with Crippen molar-refractivity contribution in [3.8, 4) is 5.75 Å². The van der Waals surface area contributed by atoms with Crippen LogP contribution in [0.4, 0.5) is 5.69 Å². The Balaban J connectivity index is 0.00000261. The summed E-state index contributed by atoms with van der Waals surface area (Å²) in [7, 11) is 3.62. The molecule has 0 atom stereocenters. The lowest BCUT2D eigenvalue weighted by Crippen LogP contribution is -2.53. The van der Waals surface area contributed by atoms with Gasteiger partial charge in [0, 0.05) is 52.4 Å². The van der Waals surface area contributed by atoms with Crippen LogP contribution in [0.1, 0.15) is 19.8 Å².